The number of nitro benzene ring substituents is 1. The van der Waals surface area contributed by atoms with Gasteiger partial charge in [0.25, 0.3) is 11.6 Å². The van der Waals surface area contributed by atoms with E-state index in [-0.39, 0.29) is 17.2 Å². The van der Waals surface area contributed by atoms with Gasteiger partial charge in [-0.2, -0.15) is 0 Å². The molecular formula is C20H15N5O3S. The molecule has 1 amide bonds. The maximum atomic E-state index is 12.9. The van der Waals surface area contributed by atoms with Crippen LogP contribution in [0.15, 0.2) is 60.1 Å². The number of hydrogen-bond acceptors (Lipinski definition) is 6. The molecular weight excluding hydrogens is 390 g/mol. The summed E-state index contributed by atoms with van der Waals surface area (Å²) >= 11 is 1.29. The summed E-state index contributed by atoms with van der Waals surface area (Å²) in [6, 6.07) is 13.8. The molecule has 8 nitrogen and oxygen atoms in total. The van der Waals surface area contributed by atoms with Crippen molar-refractivity contribution < 1.29 is 9.72 Å². The molecule has 144 valence electrons. The number of benzene rings is 2. The number of aromatic nitrogens is 3. The fourth-order valence-corrected chi connectivity index (χ4v) is 3.39. The number of nitro groups is 1. The van der Waals surface area contributed by atoms with Crippen molar-refractivity contribution in [3.05, 3.63) is 81.5 Å². The third kappa shape index (κ3) is 3.76. The lowest BCUT2D eigenvalue weighted by Crippen LogP contribution is -2.13. The Morgan fingerprint density at radius 1 is 1.17 bits per heavy atom. The quantitative estimate of drug-likeness (QED) is 0.370. The number of hydrogen-bond donors (Lipinski definition) is 2. The maximum Gasteiger partial charge on any atom is 0.280 e. The number of anilines is 1. The van der Waals surface area contributed by atoms with E-state index in [4.69, 9.17) is 0 Å². The number of nitrogens with zero attached hydrogens (tertiary/aromatic N) is 3. The minimum absolute atomic E-state index is 0.0939. The molecule has 0 aliphatic carbocycles. The van der Waals surface area contributed by atoms with Gasteiger partial charge in [-0.05, 0) is 13.0 Å². The van der Waals surface area contributed by atoms with Crippen LogP contribution in [-0.4, -0.2) is 25.8 Å². The summed E-state index contributed by atoms with van der Waals surface area (Å²) in [5.74, 6) is -0.200. The van der Waals surface area contributed by atoms with Crippen LogP contribution in [0.25, 0.3) is 22.6 Å². The highest BCUT2D eigenvalue weighted by atomic mass is 32.1. The molecule has 4 rings (SSSR count). The fraction of sp³-hybridized carbons (Fsp3) is 0.0500. The summed E-state index contributed by atoms with van der Waals surface area (Å²) in [5.41, 5.74) is 2.64. The van der Waals surface area contributed by atoms with Crippen LogP contribution in [0.5, 0.6) is 0 Å². The third-order valence-electron chi connectivity index (χ3n) is 4.27. The van der Waals surface area contributed by atoms with Gasteiger partial charge in [0.15, 0.2) is 10.8 Å². The molecule has 0 bridgehead atoms. The molecule has 2 aromatic heterocycles. The van der Waals surface area contributed by atoms with E-state index in [1.807, 2.05) is 31.2 Å². The Balaban J connectivity index is 1.84. The van der Waals surface area contributed by atoms with Crippen molar-refractivity contribution in [3.8, 4) is 22.6 Å². The molecule has 29 heavy (non-hydrogen) atoms. The molecule has 0 saturated heterocycles. The fourth-order valence-electron chi connectivity index (χ4n) is 2.87. The Kier molecular flexibility index (Phi) is 4.88. The number of aryl methyl sites for hydroxylation is 1. The van der Waals surface area contributed by atoms with E-state index in [9.17, 15) is 14.9 Å². The first-order valence-corrected chi connectivity index (χ1v) is 9.52. The Hall–Kier alpha value is -3.85. The first kappa shape index (κ1) is 18.5. The molecule has 9 heteroatoms. The topological polar surface area (TPSA) is 114 Å². The van der Waals surface area contributed by atoms with Gasteiger partial charge in [0.2, 0.25) is 0 Å². The van der Waals surface area contributed by atoms with E-state index in [1.165, 1.54) is 17.4 Å². The van der Waals surface area contributed by atoms with Gasteiger partial charge in [0, 0.05) is 23.2 Å². The number of carbonyl (C=O) groups is 1. The van der Waals surface area contributed by atoms with Gasteiger partial charge in [-0.1, -0.05) is 42.0 Å². The van der Waals surface area contributed by atoms with Gasteiger partial charge >= 0.3 is 0 Å². The summed E-state index contributed by atoms with van der Waals surface area (Å²) in [6.07, 6.45) is 1.59. The number of aromatic amines is 1. The molecule has 0 radical (unpaired) electrons. The molecule has 0 spiro atoms. The smallest absolute Gasteiger partial charge is 0.280 e. The molecule has 2 N–H and O–H groups in total. The number of H-pyrrole nitrogens is 1. The van der Waals surface area contributed by atoms with Crippen molar-refractivity contribution >= 4 is 28.1 Å². The standard InChI is InChI=1S/C20H15N5O3S/c1-12-6-8-13(9-7-12)16-17(19(26)24-20-21-10-11-29-20)23-18(22-16)14-4-2-3-5-15(14)25(27)28/h2-11H,1H3,(H,22,23)(H,21,24,26). The number of nitrogens with one attached hydrogen (secondary N) is 2. The molecule has 2 aromatic carbocycles. The first-order chi connectivity index (χ1) is 14.0. The highest BCUT2D eigenvalue weighted by molar-refractivity contribution is 7.13. The third-order valence-corrected chi connectivity index (χ3v) is 4.96. The molecule has 0 unspecified atom stereocenters. The zero-order valence-electron chi connectivity index (χ0n) is 15.2. The van der Waals surface area contributed by atoms with Crippen molar-refractivity contribution in [1.29, 1.82) is 0 Å². The SMILES string of the molecule is Cc1ccc(-c2[nH]c(-c3ccccc3[N+](=O)[O-])nc2C(=O)Nc2nccs2)cc1. The lowest BCUT2D eigenvalue weighted by atomic mass is 10.1. The number of thiazole rings is 1. The van der Waals surface area contributed by atoms with Crippen molar-refractivity contribution in [1.82, 2.24) is 15.0 Å². The largest absolute Gasteiger partial charge is 0.337 e. The van der Waals surface area contributed by atoms with Crippen molar-refractivity contribution in [2.75, 3.05) is 5.32 Å². The number of para-hydroxylation sites is 1. The zero-order valence-corrected chi connectivity index (χ0v) is 16.1. The predicted octanol–water partition coefficient (Wildman–Crippen LogP) is 4.67. The average Bonchev–Trinajstić information content (AvgIpc) is 3.38. The van der Waals surface area contributed by atoms with Crippen LogP contribution in [0.2, 0.25) is 0 Å². The second kappa shape index (κ2) is 7.64. The van der Waals surface area contributed by atoms with E-state index < -0.39 is 10.8 Å². The minimum atomic E-state index is -0.473. The van der Waals surface area contributed by atoms with Crippen LogP contribution in [-0.2, 0) is 0 Å². The van der Waals surface area contributed by atoms with E-state index in [0.717, 1.165) is 11.1 Å². The summed E-state index contributed by atoms with van der Waals surface area (Å²) in [4.78, 5) is 35.4. The normalized spacial score (nSPS) is 10.7. The molecule has 0 atom stereocenters. The lowest BCUT2D eigenvalue weighted by molar-refractivity contribution is -0.384. The first-order valence-electron chi connectivity index (χ1n) is 8.64. The van der Waals surface area contributed by atoms with Crippen LogP contribution in [0.4, 0.5) is 10.8 Å². The van der Waals surface area contributed by atoms with Crippen LogP contribution >= 0.6 is 11.3 Å². The van der Waals surface area contributed by atoms with Crippen LogP contribution in [0.3, 0.4) is 0 Å². The maximum absolute atomic E-state index is 12.9. The Morgan fingerprint density at radius 3 is 2.62 bits per heavy atom. The van der Waals surface area contributed by atoms with E-state index in [1.54, 1.807) is 29.8 Å². The monoisotopic (exact) mass is 405 g/mol. The Labute approximate surface area is 169 Å². The minimum Gasteiger partial charge on any atom is -0.337 e. The second-order valence-corrected chi connectivity index (χ2v) is 7.14. The predicted molar refractivity (Wildman–Crippen MR) is 111 cm³/mol. The molecule has 2 heterocycles. The average molecular weight is 405 g/mol. The van der Waals surface area contributed by atoms with Gasteiger partial charge < -0.3 is 4.98 Å². The van der Waals surface area contributed by atoms with Crippen molar-refractivity contribution in [2.24, 2.45) is 0 Å². The highest BCUT2D eigenvalue weighted by Gasteiger charge is 2.24. The Bertz CT molecular complexity index is 1180. The van der Waals surface area contributed by atoms with E-state index in [2.05, 4.69) is 20.3 Å². The van der Waals surface area contributed by atoms with Crippen LogP contribution < -0.4 is 5.32 Å². The van der Waals surface area contributed by atoms with E-state index in [0.29, 0.717) is 16.4 Å². The van der Waals surface area contributed by atoms with Gasteiger partial charge in [0.05, 0.1) is 16.2 Å². The number of amides is 1. The Morgan fingerprint density at radius 2 is 1.93 bits per heavy atom. The summed E-state index contributed by atoms with van der Waals surface area (Å²) in [6.45, 7) is 1.96. The molecule has 0 saturated carbocycles. The zero-order chi connectivity index (χ0) is 20.4. The van der Waals surface area contributed by atoms with Gasteiger partial charge in [0.1, 0.15) is 5.82 Å². The number of carbonyl (C=O) groups excluding carboxylic acids is 1. The van der Waals surface area contributed by atoms with E-state index >= 15 is 0 Å². The molecule has 0 aliphatic rings. The van der Waals surface area contributed by atoms with Gasteiger partial charge in [-0.3, -0.25) is 20.2 Å². The van der Waals surface area contributed by atoms with Crippen molar-refractivity contribution in [2.45, 2.75) is 6.92 Å². The lowest BCUT2D eigenvalue weighted by Gasteiger charge is -2.03. The summed E-state index contributed by atoms with van der Waals surface area (Å²) < 4.78 is 0. The highest BCUT2D eigenvalue weighted by Crippen LogP contribution is 2.32. The number of imidazole rings is 1. The van der Waals surface area contributed by atoms with Gasteiger partial charge in [-0.25, -0.2) is 9.97 Å². The van der Waals surface area contributed by atoms with Crippen molar-refractivity contribution in [3.63, 3.8) is 0 Å². The molecule has 0 fully saturated rings. The summed E-state index contributed by atoms with van der Waals surface area (Å²) in [5, 5.41) is 16.3. The molecule has 0 aliphatic heterocycles. The molecule has 4 aromatic rings. The van der Waals surface area contributed by atoms with Crippen LogP contribution in [0.1, 0.15) is 16.1 Å². The van der Waals surface area contributed by atoms with Gasteiger partial charge in [-0.15, -0.1) is 11.3 Å². The van der Waals surface area contributed by atoms with Crippen LogP contribution in [0, 0.1) is 17.0 Å². The summed E-state index contributed by atoms with van der Waals surface area (Å²) in [7, 11) is 0. The second-order valence-electron chi connectivity index (χ2n) is 6.24. The number of rotatable bonds is 5.